The Kier molecular flexibility index (Phi) is 5.89. The molecular formula is C14H13NO6. The van der Waals surface area contributed by atoms with Crippen molar-refractivity contribution in [3.63, 3.8) is 0 Å². The summed E-state index contributed by atoms with van der Waals surface area (Å²) in [7, 11) is 1.22. The molecule has 0 N–H and O–H groups in total. The second-order valence-electron chi connectivity index (χ2n) is 3.76. The van der Waals surface area contributed by atoms with E-state index in [1.165, 1.54) is 19.2 Å². The number of methoxy groups -OCH3 is 1. The van der Waals surface area contributed by atoms with Gasteiger partial charge >= 0.3 is 11.9 Å². The second kappa shape index (κ2) is 7.65. The van der Waals surface area contributed by atoms with E-state index < -0.39 is 16.9 Å². The Hall–Kier alpha value is -2.88. The lowest BCUT2D eigenvalue weighted by atomic mass is 10.1. The van der Waals surface area contributed by atoms with Crippen molar-refractivity contribution in [1.29, 1.82) is 0 Å². The zero-order chi connectivity index (χ0) is 15.8. The lowest BCUT2D eigenvalue weighted by molar-refractivity contribution is -0.385. The first-order valence-corrected chi connectivity index (χ1v) is 6.00. The first-order valence-electron chi connectivity index (χ1n) is 6.00. The molecule has 0 heterocycles. The van der Waals surface area contributed by atoms with Gasteiger partial charge in [-0.1, -0.05) is 11.8 Å². The van der Waals surface area contributed by atoms with E-state index in [4.69, 9.17) is 4.74 Å². The molecule has 0 spiro atoms. The molecule has 1 aromatic rings. The maximum atomic E-state index is 11.5. The van der Waals surface area contributed by atoms with Crippen LogP contribution in [0.2, 0.25) is 0 Å². The molecule has 7 nitrogen and oxygen atoms in total. The van der Waals surface area contributed by atoms with Crippen LogP contribution in [-0.2, 0) is 14.3 Å². The Labute approximate surface area is 121 Å². The Morgan fingerprint density at radius 2 is 2.10 bits per heavy atom. The minimum absolute atomic E-state index is 0.0714. The third kappa shape index (κ3) is 4.62. The van der Waals surface area contributed by atoms with Gasteiger partial charge in [0.25, 0.3) is 5.69 Å². The van der Waals surface area contributed by atoms with Crippen LogP contribution in [0, 0.1) is 22.0 Å². The number of rotatable bonds is 4. The molecule has 0 bridgehead atoms. The zero-order valence-electron chi connectivity index (χ0n) is 11.5. The van der Waals surface area contributed by atoms with Crippen molar-refractivity contribution in [3.8, 4) is 11.8 Å². The minimum Gasteiger partial charge on any atom is -0.468 e. The molecular weight excluding hydrogens is 278 g/mol. The average Bonchev–Trinajstić information content (AvgIpc) is 2.47. The molecule has 110 valence electrons. The van der Waals surface area contributed by atoms with Crippen molar-refractivity contribution >= 4 is 17.6 Å². The van der Waals surface area contributed by atoms with Crippen LogP contribution in [0.4, 0.5) is 5.69 Å². The van der Waals surface area contributed by atoms with Crippen molar-refractivity contribution in [2.45, 2.75) is 13.3 Å². The van der Waals surface area contributed by atoms with E-state index >= 15 is 0 Å². The Morgan fingerprint density at radius 3 is 2.67 bits per heavy atom. The number of nitrogens with zero attached hydrogens (tertiary/aromatic N) is 1. The predicted molar refractivity (Wildman–Crippen MR) is 72.6 cm³/mol. The molecule has 0 saturated heterocycles. The fraction of sp³-hybridized carbons (Fsp3) is 0.286. The molecule has 21 heavy (non-hydrogen) atoms. The van der Waals surface area contributed by atoms with Gasteiger partial charge in [-0.3, -0.25) is 14.9 Å². The van der Waals surface area contributed by atoms with Crippen molar-refractivity contribution < 1.29 is 24.0 Å². The highest BCUT2D eigenvalue weighted by Gasteiger charge is 2.17. The van der Waals surface area contributed by atoms with Crippen LogP contribution in [0.1, 0.15) is 29.3 Å². The summed E-state index contributed by atoms with van der Waals surface area (Å²) in [4.78, 5) is 32.8. The molecule has 0 aliphatic rings. The molecule has 1 aromatic carbocycles. The summed E-state index contributed by atoms with van der Waals surface area (Å²) in [5, 5.41) is 11.0. The number of hydrogen-bond acceptors (Lipinski definition) is 6. The van der Waals surface area contributed by atoms with Gasteiger partial charge in [-0.2, -0.15) is 0 Å². The second-order valence-corrected chi connectivity index (χ2v) is 3.76. The number of esters is 2. The highest BCUT2D eigenvalue weighted by molar-refractivity contribution is 5.90. The molecule has 0 unspecified atom stereocenters. The van der Waals surface area contributed by atoms with E-state index in [2.05, 4.69) is 16.6 Å². The SMILES string of the molecule is CCOC(=O)c1ccc(C#CCC(=O)OC)c([N+](=O)[O-])c1. The lowest BCUT2D eigenvalue weighted by Crippen LogP contribution is -2.05. The predicted octanol–water partition coefficient (Wildman–Crippen LogP) is 1.69. The van der Waals surface area contributed by atoms with Gasteiger partial charge < -0.3 is 9.47 Å². The molecule has 7 heteroatoms. The summed E-state index contributed by atoms with van der Waals surface area (Å²) in [6, 6.07) is 3.82. The molecule has 0 radical (unpaired) electrons. The fourth-order valence-electron chi connectivity index (χ4n) is 1.41. The molecule has 1 rings (SSSR count). The summed E-state index contributed by atoms with van der Waals surface area (Å²) >= 11 is 0. The molecule has 0 amide bonds. The number of benzene rings is 1. The topological polar surface area (TPSA) is 95.7 Å². The molecule has 0 fully saturated rings. The largest absolute Gasteiger partial charge is 0.468 e. The van der Waals surface area contributed by atoms with Crippen molar-refractivity contribution in [2.75, 3.05) is 13.7 Å². The van der Waals surface area contributed by atoms with Crippen molar-refractivity contribution in [2.24, 2.45) is 0 Å². The van der Waals surface area contributed by atoms with Crippen molar-refractivity contribution in [3.05, 3.63) is 39.4 Å². The van der Waals surface area contributed by atoms with Gasteiger partial charge in [0.05, 0.1) is 24.2 Å². The van der Waals surface area contributed by atoms with E-state index in [1.54, 1.807) is 6.92 Å². The van der Waals surface area contributed by atoms with Crippen LogP contribution in [-0.4, -0.2) is 30.6 Å². The Morgan fingerprint density at radius 1 is 1.38 bits per heavy atom. The van der Waals surface area contributed by atoms with Gasteiger partial charge in [-0.15, -0.1) is 0 Å². The van der Waals surface area contributed by atoms with Crippen LogP contribution >= 0.6 is 0 Å². The molecule has 0 aromatic heterocycles. The zero-order valence-corrected chi connectivity index (χ0v) is 11.5. The van der Waals surface area contributed by atoms with Crippen molar-refractivity contribution in [1.82, 2.24) is 0 Å². The number of carbonyl (C=O) groups excluding carboxylic acids is 2. The van der Waals surface area contributed by atoms with Gasteiger partial charge in [0, 0.05) is 6.07 Å². The van der Waals surface area contributed by atoms with E-state index in [9.17, 15) is 19.7 Å². The van der Waals surface area contributed by atoms with E-state index in [0.717, 1.165) is 6.07 Å². The summed E-state index contributed by atoms with van der Waals surface area (Å²) in [6.45, 7) is 1.81. The molecule has 0 aliphatic carbocycles. The highest BCUT2D eigenvalue weighted by Crippen LogP contribution is 2.20. The van der Waals surface area contributed by atoms with Crippen LogP contribution in [0.5, 0.6) is 0 Å². The standard InChI is InChI=1S/C14H13NO6/c1-3-21-14(17)11-8-7-10(12(9-11)15(18)19)5-4-6-13(16)20-2/h7-9H,3,6H2,1-2H3. The van der Waals surface area contributed by atoms with Gasteiger partial charge in [-0.25, -0.2) is 4.79 Å². The third-order valence-corrected chi connectivity index (χ3v) is 2.39. The number of nitro groups is 1. The van der Waals surface area contributed by atoms with Crippen LogP contribution in [0.25, 0.3) is 0 Å². The molecule has 0 atom stereocenters. The van der Waals surface area contributed by atoms with E-state index in [-0.39, 0.29) is 29.8 Å². The van der Waals surface area contributed by atoms with Gasteiger partial charge in [0.2, 0.25) is 0 Å². The summed E-state index contributed by atoms with van der Waals surface area (Å²) in [5.41, 5.74) is -0.142. The quantitative estimate of drug-likeness (QED) is 0.362. The first-order chi connectivity index (χ1) is 9.99. The van der Waals surface area contributed by atoms with Crippen LogP contribution in [0.15, 0.2) is 18.2 Å². The van der Waals surface area contributed by atoms with E-state index in [0.29, 0.717) is 0 Å². The van der Waals surface area contributed by atoms with Gasteiger partial charge in [0.1, 0.15) is 12.0 Å². The average molecular weight is 291 g/mol. The first kappa shape index (κ1) is 16.2. The summed E-state index contributed by atoms with van der Waals surface area (Å²) in [5.74, 6) is 3.81. The Balaban J connectivity index is 3.08. The maximum Gasteiger partial charge on any atom is 0.338 e. The molecule has 0 aliphatic heterocycles. The lowest BCUT2D eigenvalue weighted by Gasteiger charge is -2.02. The third-order valence-electron chi connectivity index (χ3n) is 2.39. The highest BCUT2D eigenvalue weighted by atomic mass is 16.6. The number of nitro benzene ring substituents is 1. The van der Waals surface area contributed by atoms with Gasteiger partial charge in [-0.05, 0) is 19.1 Å². The maximum absolute atomic E-state index is 11.5. The number of hydrogen-bond donors (Lipinski definition) is 0. The summed E-state index contributed by atoms with van der Waals surface area (Å²) in [6.07, 6.45) is -0.173. The van der Waals surface area contributed by atoms with E-state index in [1.807, 2.05) is 0 Å². The molecule has 0 saturated carbocycles. The summed E-state index contributed by atoms with van der Waals surface area (Å²) < 4.78 is 9.18. The fourth-order valence-corrected chi connectivity index (χ4v) is 1.41. The van der Waals surface area contributed by atoms with Gasteiger partial charge in [0.15, 0.2) is 0 Å². The minimum atomic E-state index is -0.648. The number of carbonyl (C=O) groups is 2. The van der Waals surface area contributed by atoms with Crippen LogP contribution < -0.4 is 0 Å². The monoisotopic (exact) mass is 291 g/mol. The number of ether oxygens (including phenoxy) is 2. The Bertz CT molecular complexity index is 626. The normalized spacial score (nSPS) is 9.24. The smallest absolute Gasteiger partial charge is 0.338 e. The van der Waals surface area contributed by atoms with Crippen LogP contribution in [0.3, 0.4) is 0 Å².